The summed E-state index contributed by atoms with van der Waals surface area (Å²) in [5, 5.41) is 13.2. The van der Waals surface area contributed by atoms with E-state index in [1.807, 2.05) is 0 Å². The Morgan fingerprint density at radius 3 is 2.62 bits per heavy atom. The van der Waals surface area contributed by atoms with Crippen LogP contribution in [-0.2, 0) is 0 Å². The summed E-state index contributed by atoms with van der Waals surface area (Å²) in [6, 6.07) is 6.02. The molecule has 1 saturated heterocycles. The fourth-order valence-electron chi connectivity index (χ4n) is 3.93. The first kappa shape index (κ1) is 14.7. The van der Waals surface area contributed by atoms with Crippen molar-refractivity contribution in [3.8, 4) is 11.5 Å². The molecule has 0 amide bonds. The van der Waals surface area contributed by atoms with Gasteiger partial charge in [0.2, 0.25) is 0 Å². The standard InChI is InChI=1S/C17H26N2O2/c1-21-16-12-14(20)6-7-15(16)17(13-4-2-3-5-13)19-10-8-18-9-11-19/h6-7,12-13,17-18,20H,2-5,8-11H2,1H3/t17-/m0/s1. The van der Waals surface area contributed by atoms with Gasteiger partial charge in [-0.2, -0.15) is 0 Å². The normalized spacial score (nSPS) is 22.3. The van der Waals surface area contributed by atoms with Gasteiger partial charge in [-0.05, 0) is 24.8 Å². The molecule has 116 valence electrons. The minimum Gasteiger partial charge on any atom is -0.508 e. The first-order valence-electron chi connectivity index (χ1n) is 8.11. The highest BCUT2D eigenvalue weighted by Gasteiger charge is 2.33. The van der Waals surface area contributed by atoms with Crippen LogP contribution in [0.5, 0.6) is 11.5 Å². The molecule has 0 spiro atoms. The van der Waals surface area contributed by atoms with E-state index in [9.17, 15) is 5.11 Å². The quantitative estimate of drug-likeness (QED) is 0.894. The third kappa shape index (κ3) is 3.16. The second-order valence-electron chi connectivity index (χ2n) is 6.20. The van der Waals surface area contributed by atoms with E-state index in [0.717, 1.165) is 31.9 Å². The minimum absolute atomic E-state index is 0.279. The number of piperazine rings is 1. The summed E-state index contributed by atoms with van der Waals surface area (Å²) in [7, 11) is 1.70. The summed E-state index contributed by atoms with van der Waals surface area (Å²) in [5.41, 5.74) is 1.24. The van der Waals surface area contributed by atoms with Gasteiger partial charge in [0, 0.05) is 43.9 Å². The molecule has 1 aliphatic carbocycles. The summed E-state index contributed by atoms with van der Waals surface area (Å²) >= 11 is 0. The van der Waals surface area contributed by atoms with Crippen molar-refractivity contribution in [1.29, 1.82) is 0 Å². The molecule has 21 heavy (non-hydrogen) atoms. The number of aromatic hydroxyl groups is 1. The molecule has 4 heteroatoms. The van der Waals surface area contributed by atoms with Crippen molar-refractivity contribution in [2.45, 2.75) is 31.7 Å². The van der Waals surface area contributed by atoms with Crippen LogP contribution in [0.25, 0.3) is 0 Å². The molecule has 2 aliphatic rings. The number of phenolic OH excluding ortho intramolecular Hbond substituents is 1. The predicted octanol–water partition coefficient (Wildman–Crippen LogP) is 2.54. The lowest BCUT2D eigenvalue weighted by atomic mass is 9.89. The molecule has 0 unspecified atom stereocenters. The molecule has 1 heterocycles. The molecule has 1 aliphatic heterocycles. The van der Waals surface area contributed by atoms with Gasteiger partial charge in [0.1, 0.15) is 11.5 Å². The van der Waals surface area contributed by atoms with E-state index in [2.05, 4.69) is 16.3 Å². The maximum absolute atomic E-state index is 9.72. The number of hydrogen-bond acceptors (Lipinski definition) is 4. The Morgan fingerprint density at radius 1 is 1.24 bits per heavy atom. The SMILES string of the molecule is COc1cc(O)ccc1[C@H](C1CCCC1)N1CCNCC1. The van der Waals surface area contributed by atoms with E-state index in [0.29, 0.717) is 12.0 Å². The molecular formula is C17H26N2O2. The van der Waals surface area contributed by atoms with E-state index in [1.54, 1.807) is 19.2 Å². The van der Waals surface area contributed by atoms with E-state index in [4.69, 9.17) is 4.74 Å². The Hall–Kier alpha value is -1.26. The summed E-state index contributed by atoms with van der Waals surface area (Å²) in [4.78, 5) is 2.60. The first-order valence-corrected chi connectivity index (χ1v) is 8.11. The highest BCUT2D eigenvalue weighted by molar-refractivity contribution is 5.42. The topological polar surface area (TPSA) is 44.7 Å². The number of phenols is 1. The monoisotopic (exact) mass is 290 g/mol. The fraction of sp³-hybridized carbons (Fsp3) is 0.647. The van der Waals surface area contributed by atoms with Crippen LogP contribution >= 0.6 is 0 Å². The maximum Gasteiger partial charge on any atom is 0.127 e. The summed E-state index contributed by atoms with van der Waals surface area (Å²) in [6.45, 7) is 4.30. The number of ether oxygens (including phenoxy) is 1. The molecule has 1 atom stereocenters. The van der Waals surface area contributed by atoms with Crippen LogP contribution in [0.2, 0.25) is 0 Å². The van der Waals surface area contributed by atoms with Gasteiger partial charge in [-0.15, -0.1) is 0 Å². The molecule has 4 nitrogen and oxygen atoms in total. The molecule has 3 rings (SSSR count). The van der Waals surface area contributed by atoms with Crippen LogP contribution in [0, 0.1) is 5.92 Å². The average molecular weight is 290 g/mol. The zero-order valence-electron chi connectivity index (χ0n) is 12.8. The molecular weight excluding hydrogens is 264 g/mol. The highest BCUT2D eigenvalue weighted by Crippen LogP contribution is 2.43. The van der Waals surface area contributed by atoms with Gasteiger partial charge in [-0.1, -0.05) is 18.9 Å². The van der Waals surface area contributed by atoms with Crippen molar-refractivity contribution in [2.24, 2.45) is 5.92 Å². The van der Waals surface area contributed by atoms with Crippen LogP contribution in [0.15, 0.2) is 18.2 Å². The van der Waals surface area contributed by atoms with Crippen LogP contribution in [0.4, 0.5) is 0 Å². The van der Waals surface area contributed by atoms with Crippen molar-refractivity contribution < 1.29 is 9.84 Å². The third-order valence-corrected chi connectivity index (χ3v) is 4.93. The van der Waals surface area contributed by atoms with Crippen molar-refractivity contribution in [3.63, 3.8) is 0 Å². The molecule has 0 radical (unpaired) electrons. The van der Waals surface area contributed by atoms with Crippen LogP contribution < -0.4 is 10.1 Å². The summed E-state index contributed by atoms with van der Waals surface area (Å²) < 4.78 is 5.56. The Kier molecular flexibility index (Phi) is 4.66. The van der Waals surface area contributed by atoms with Crippen LogP contribution in [0.1, 0.15) is 37.3 Å². The van der Waals surface area contributed by atoms with Gasteiger partial charge in [0.15, 0.2) is 0 Å². The van der Waals surface area contributed by atoms with E-state index < -0.39 is 0 Å². The average Bonchev–Trinajstić information content (AvgIpc) is 3.04. The van der Waals surface area contributed by atoms with E-state index in [-0.39, 0.29) is 5.75 Å². The number of nitrogens with zero attached hydrogens (tertiary/aromatic N) is 1. The lowest BCUT2D eigenvalue weighted by molar-refractivity contribution is 0.123. The van der Waals surface area contributed by atoms with E-state index in [1.165, 1.54) is 31.2 Å². The van der Waals surface area contributed by atoms with Gasteiger partial charge in [-0.3, -0.25) is 4.90 Å². The Bertz CT molecular complexity index is 466. The zero-order chi connectivity index (χ0) is 14.7. The number of rotatable bonds is 4. The fourth-order valence-corrected chi connectivity index (χ4v) is 3.93. The molecule has 1 aromatic carbocycles. The second-order valence-corrected chi connectivity index (χ2v) is 6.20. The van der Waals surface area contributed by atoms with Crippen molar-refractivity contribution in [1.82, 2.24) is 10.2 Å². The van der Waals surface area contributed by atoms with Gasteiger partial charge >= 0.3 is 0 Å². The van der Waals surface area contributed by atoms with Crippen molar-refractivity contribution in [3.05, 3.63) is 23.8 Å². The van der Waals surface area contributed by atoms with Crippen LogP contribution in [0.3, 0.4) is 0 Å². The third-order valence-electron chi connectivity index (χ3n) is 4.93. The molecule has 1 aromatic rings. The van der Waals surface area contributed by atoms with E-state index >= 15 is 0 Å². The van der Waals surface area contributed by atoms with Gasteiger partial charge in [0.05, 0.1) is 7.11 Å². The van der Waals surface area contributed by atoms with Crippen molar-refractivity contribution in [2.75, 3.05) is 33.3 Å². The first-order chi connectivity index (χ1) is 10.3. The summed E-state index contributed by atoms with van der Waals surface area (Å²) in [5.74, 6) is 1.81. The lowest BCUT2D eigenvalue weighted by Crippen LogP contribution is -2.46. The van der Waals surface area contributed by atoms with Gasteiger partial charge in [0.25, 0.3) is 0 Å². The number of benzene rings is 1. The van der Waals surface area contributed by atoms with Crippen LogP contribution in [-0.4, -0.2) is 43.3 Å². The van der Waals surface area contributed by atoms with Gasteiger partial charge in [-0.25, -0.2) is 0 Å². The molecule has 2 N–H and O–H groups in total. The number of methoxy groups -OCH3 is 1. The second kappa shape index (κ2) is 6.67. The smallest absolute Gasteiger partial charge is 0.127 e. The highest BCUT2D eigenvalue weighted by atomic mass is 16.5. The molecule has 1 saturated carbocycles. The predicted molar refractivity (Wildman–Crippen MR) is 83.8 cm³/mol. The Balaban J connectivity index is 1.93. The molecule has 0 bridgehead atoms. The zero-order valence-corrected chi connectivity index (χ0v) is 12.8. The molecule has 2 fully saturated rings. The largest absolute Gasteiger partial charge is 0.508 e. The van der Waals surface area contributed by atoms with Crippen molar-refractivity contribution >= 4 is 0 Å². The Morgan fingerprint density at radius 2 is 1.95 bits per heavy atom. The summed E-state index contributed by atoms with van der Waals surface area (Å²) in [6.07, 6.45) is 5.29. The number of hydrogen-bond donors (Lipinski definition) is 2. The molecule has 0 aromatic heterocycles. The minimum atomic E-state index is 0.279. The Labute approximate surface area is 127 Å². The van der Waals surface area contributed by atoms with Gasteiger partial charge < -0.3 is 15.2 Å². The lowest BCUT2D eigenvalue weighted by Gasteiger charge is -2.39. The number of nitrogens with one attached hydrogen (secondary N) is 1. The maximum atomic E-state index is 9.72.